The van der Waals surface area contributed by atoms with E-state index in [4.69, 9.17) is 38.6 Å². The molecule has 1 fully saturated rings. The summed E-state index contributed by atoms with van der Waals surface area (Å²) in [4.78, 5) is 11.6. The third kappa shape index (κ3) is 3.58. The summed E-state index contributed by atoms with van der Waals surface area (Å²) in [5.41, 5.74) is 0.0190. The van der Waals surface area contributed by atoms with Crippen molar-refractivity contribution in [1.29, 1.82) is 0 Å². The second kappa shape index (κ2) is 6.10. The van der Waals surface area contributed by atoms with E-state index >= 15 is 0 Å². The number of carbonyl (C=O) groups excluding carboxylic acids is 1. The van der Waals surface area contributed by atoms with E-state index in [1.165, 1.54) is 6.07 Å². The van der Waals surface area contributed by atoms with E-state index in [-0.39, 0.29) is 21.7 Å². The highest BCUT2D eigenvalue weighted by Gasteiger charge is 2.24. The van der Waals surface area contributed by atoms with Crippen molar-refractivity contribution in [2.45, 2.75) is 36.7 Å². The molecule has 0 aromatic heterocycles. The number of carbonyl (C=O) groups is 1. The smallest absolute Gasteiger partial charge is 0.338 e. The summed E-state index contributed by atoms with van der Waals surface area (Å²) in [5, 5.41) is -0.272. The maximum Gasteiger partial charge on any atom is 0.338 e. The first-order valence-corrected chi connectivity index (χ1v) is 9.00. The number of hydrogen-bond acceptors (Lipinski definition) is 4. The van der Waals surface area contributed by atoms with Crippen LogP contribution >= 0.6 is 33.9 Å². The Hall–Kier alpha value is -0.490. The second-order valence-electron chi connectivity index (χ2n) is 4.52. The molecule has 0 radical (unpaired) electrons. The van der Waals surface area contributed by atoms with Gasteiger partial charge in [0, 0.05) is 10.7 Å². The van der Waals surface area contributed by atoms with Crippen molar-refractivity contribution in [2.75, 3.05) is 0 Å². The van der Waals surface area contributed by atoms with Crippen LogP contribution in [0.2, 0.25) is 10.0 Å². The number of hydrogen-bond donors (Lipinski definition) is 0. The van der Waals surface area contributed by atoms with Gasteiger partial charge < -0.3 is 4.74 Å². The molecule has 4 nitrogen and oxygen atoms in total. The molecular weight excluding hydrogens is 347 g/mol. The van der Waals surface area contributed by atoms with Crippen molar-refractivity contribution in [1.82, 2.24) is 0 Å². The Morgan fingerprint density at radius 2 is 1.80 bits per heavy atom. The van der Waals surface area contributed by atoms with Gasteiger partial charge in [0.1, 0.15) is 11.0 Å². The maximum atomic E-state index is 12.0. The molecule has 0 saturated heterocycles. The monoisotopic (exact) mass is 356 g/mol. The maximum absolute atomic E-state index is 12.0. The zero-order chi connectivity index (χ0) is 14.9. The van der Waals surface area contributed by atoms with Crippen LogP contribution in [0.5, 0.6) is 0 Å². The lowest BCUT2D eigenvalue weighted by molar-refractivity contribution is 0.0317. The Bertz CT molecular complexity index is 636. The standard InChI is InChI=1S/C12H11Cl3O4S/c13-9-5-7(6-10(11(9)14)20(15,17)18)12(16)19-8-3-1-2-4-8/h5-6,8H,1-4H2. The fraction of sp³-hybridized carbons (Fsp3) is 0.417. The fourth-order valence-electron chi connectivity index (χ4n) is 2.08. The Balaban J connectivity index is 2.32. The van der Waals surface area contributed by atoms with Gasteiger partial charge in [-0.15, -0.1) is 0 Å². The summed E-state index contributed by atoms with van der Waals surface area (Å²) < 4.78 is 28.1. The van der Waals surface area contributed by atoms with Crippen LogP contribution < -0.4 is 0 Å². The molecule has 0 atom stereocenters. The van der Waals surface area contributed by atoms with Crippen molar-refractivity contribution >= 4 is 48.9 Å². The molecule has 0 bridgehead atoms. The highest BCUT2D eigenvalue weighted by Crippen LogP contribution is 2.33. The van der Waals surface area contributed by atoms with Gasteiger partial charge >= 0.3 is 5.97 Å². The van der Waals surface area contributed by atoms with Crippen molar-refractivity contribution in [2.24, 2.45) is 0 Å². The van der Waals surface area contributed by atoms with E-state index in [0.29, 0.717) is 0 Å². The lowest BCUT2D eigenvalue weighted by Crippen LogP contribution is -2.15. The quantitative estimate of drug-likeness (QED) is 0.605. The molecule has 0 amide bonds. The molecule has 110 valence electrons. The van der Waals surface area contributed by atoms with Crippen molar-refractivity contribution in [3.63, 3.8) is 0 Å². The normalized spacial score (nSPS) is 16.4. The van der Waals surface area contributed by atoms with E-state index in [1.54, 1.807) is 0 Å². The topological polar surface area (TPSA) is 60.4 Å². The van der Waals surface area contributed by atoms with Crippen LogP contribution in [0, 0.1) is 0 Å². The van der Waals surface area contributed by atoms with Crippen LogP contribution in [0.15, 0.2) is 17.0 Å². The molecule has 0 unspecified atom stereocenters. The number of halogens is 3. The van der Waals surface area contributed by atoms with Gasteiger partial charge in [-0.3, -0.25) is 0 Å². The van der Waals surface area contributed by atoms with E-state index in [9.17, 15) is 13.2 Å². The minimum absolute atomic E-state index is 0.0190. The van der Waals surface area contributed by atoms with Gasteiger partial charge in [0.25, 0.3) is 9.05 Å². The highest BCUT2D eigenvalue weighted by molar-refractivity contribution is 8.13. The zero-order valence-electron chi connectivity index (χ0n) is 10.2. The first-order valence-electron chi connectivity index (χ1n) is 5.93. The Kier molecular flexibility index (Phi) is 4.84. The van der Waals surface area contributed by atoms with E-state index in [2.05, 4.69) is 0 Å². The molecule has 1 aromatic carbocycles. The minimum Gasteiger partial charge on any atom is -0.459 e. The third-order valence-corrected chi connectivity index (χ3v) is 5.33. The number of ether oxygens (including phenoxy) is 1. The predicted molar refractivity (Wildman–Crippen MR) is 77.2 cm³/mol. The van der Waals surface area contributed by atoms with Crippen molar-refractivity contribution < 1.29 is 17.9 Å². The summed E-state index contributed by atoms with van der Waals surface area (Å²) in [5.74, 6) is -0.628. The number of esters is 1. The molecule has 20 heavy (non-hydrogen) atoms. The largest absolute Gasteiger partial charge is 0.459 e. The van der Waals surface area contributed by atoms with Crippen LogP contribution in [0.3, 0.4) is 0 Å². The summed E-state index contributed by atoms with van der Waals surface area (Å²) in [6.45, 7) is 0. The zero-order valence-corrected chi connectivity index (χ0v) is 13.3. The average molecular weight is 358 g/mol. The first kappa shape index (κ1) is 15.9. The Morgan fingerprint density at radius 3 is 2.35 bits per heavy atom. The van der Waals surface area contributed by atoms with Gasteiger partial charge in [-0.05, 0) is 37.8 Å². The molecule has 1 aromatic rings. The van der Waals surface area contributed by atoms with Crippen LogP contribution in [-0.4, -0.2) is 20.5 Å². The highest BCUT2D eigenvalue weighted by atomic mass is 35.7. The predicted octanol–water partition coefficient (Wildman–Crippen LogP) is 4.02. The molecule has 1 aliphatic rings. The summed E-state index contributed by atoms with van der Waals surface area (Å²) in [7, 11) is 1.17. The number of rotatable bonds is 3. The summed E-state index contributed by atoms with van der Waals surface area (Å²) >= 11 is 11.6. The first-order chi connectivity index (χ1) is 9.29. The van der Waals surface area contributed by atoms with E-state index < -0.39 is 19.9 Å². The minimum atomic E-state index is -4.09. The fourth-order valence-corrected chi connectivity index (χ4v) is 3.85. The van der Waals surface area contributed by atoms with Gasteiger partial charge in [0.05, 0.1) is 15.6 Å². The van der Waals surface area contributed by atoms with Gasteiger partial charge in [0.15, 0.2) is 0 Å². The SMILES string of the molecule is O=C(OC1CCCC1)c1cc(Cl)c(Cl)c(S(=O)(=O)Cl)c1. The molecule has 0 aliphatic heterocycles. The van der Waals surface area contributed by atoms with Crippen LogP contribution in [0.4, 0.5) is 0 Å². The lowest BCUT2D eigenvalue weighted by Gasteiger charge is -2.12. The van der Waals surface area contributed by atoms with Gasteiger partial charge in [-0.2, -0.15) is 0 Å². The molecule has 1 saturated carbocycles. The van der Waals surface area contributed by atoms with Gasteiger partial charge in [-0.25, -0.2) is 13.2 Å². The lowest BCUT2D eigenvalue weighted by atomic mass is 10.2. The van der Waals surface area contributed by atoms with Crippen LogP contribution in [0.1, 0.15) is 36.0 Å². The van der Waals surface area contributed by atoms with Crippen molar-refractivity contribution in [3.8, 4) is 0 Å². The summed E-state index contributed by atoms with van der Waals surface area (Å²) in [6, 6.07) is 2.35. The molecule has 0 N–H and O–H groups in total. The number of benzene rings is 1. The van der Waals surface area contributed by atoms with Crippen LogP contribution in [-0.2, 0) is 13.8 Å². The van der Waals surface area contributed by atoms with Crippen molar-refractivity contribution in [3.05, 3.63) is 27.7 Å². The molecule has 1 aliphatic carbocycles. The molecule has 0 heterocycles. The van der Waals surface area contributed by atoms with Gasteiger partial charge in [-0.1, -0.05) is 23.2 Å². The Morgan fingerprint density at radius 1 is 1.20 bits per heavy atom. The second-order valence-corrected chi connectivity index (χ2v) is 7.84. The Labute approximate surface area is 131 Å². The van der Waals surface area contributed by atoms with Crippen LogP contribution in [0.25, 0.3) is 0 Å². The van der Waals surface area contributed by atoms with Gasteiger partial charge in [0.2, 0.25) is 0 Å². The van der Waals surface area contributed by atoms with E-state index in [1.807, 2.05) is 0 Å². The molecule has 0 spiro atoms. The average Bonchev–Trinajstić information content (AvgIpc) is 2.83. The third-order valence-electron chi connectivity index (χ3n) is 3.07. The summed E-state index contributed by atoms with van der Waals surface area (Å²) in [6.07, 6.45) is 3.52. The molecule has 2 rings (SSSR count). The molecule has 8 heteroatoms. The van der Waals surface area contributed by atoms with E-state index in [0.717, 1.165) is 31.7 Å². The molecular formula is C12H11Cl3O4S.